The lowest BCUT2D eigenvalue weighted by atomic mass is 10.2. The summed E-state index contributed by atoms with van der Waals surface area (Å²) in [5, 5.41) is 2.86. The molecule has 0 radical (unpaired) electrons. The van der Waals surface area contributed by atoms with E-state index in [1.165, 1.54) is 12.1 Å². The molecule has 0 saturated heterocycles. The third-order valence-electron chi connectivity index (χ3n) is 4.12. The summed E-state index contributed by atoms with van der Waals surface area (Å²) in [5.74, 6) is -0.299. The summed E-state index contributed by atoms with van der Waals surface area (Å²) in [5.41, 5.74) is 1.38. The van der Waals surface area contributed by atoms with Crippen molar-refractivity contribution in [3.8, 4) is 0 Å². The lowest BCUT2D eigenvalue weighted by Crippen LogP contribution is -2.40. The molecule has 2 aromatic carbocycles. The predicted molar refractivity (Wildman–Crippen MR) is 104 cm³/mol. The molecule has 0 heterocycles. The number of hydrogen-bond acceptors (Lipinski definition) is 4. The summed E-state index contributed by atoms with van der Waals surface area (Å²) >= 11 is 0. The van der Waals surface area contributed by atoms with E-state index in [4.69, 9.17) is 0 Å². The van der Waals surface area contributed by atoms with Crippen molar-refractivity contribution in [2.24, 2.45) is 0 Å². The fraction of sp³-hybridized carbons (Fsp3) is 0.316. The van der Waals surface area contributed by atoms with Crippen molar-refractivity contribution in [3.63, 3.8) is 0 Å². The Balaban J connectivity index is 2.02. The van der Waals surface area contributed by atoms with Crippen LogP contribution in [0.5, 0.6) is 0 Å². The molecule has 1 unspecified atom stereocenters. The molecule has 7 heteroatoms. The number of carbonyl (C=O) groups excluding carboxylic acids is 1. The van der Waals surface area contributed by atoms with Crippen LogP contribution in [0.2, 0.25) is 0 Å². The van der Waals surface area contributed by atoms with E-state index in [1.54, 1.807) is 19.1 Å². The molecule has 0 aliphatic rings. The van der Waals surface area contributed by atoms with Crippen molar-refractivity contribution in [1.29, 1.82) is 0 Å². The van der Waals surface area contributed by atoms with Gasteiger partial charge in [-0.05, 0) is 37.3 Å². The van der Waals surface area contributed by atoms with E-state index in [-0.39, 0.29) is 16.8 Å². The first kappa shape index (κ1) is 19.9. The van der Waals surface area contributed by atoms with Gasteiger partial charge in [0.15, 0.2) is 0 Å². The van der Waals surface area contributed by atoms with Crippen LogP contribution in [-0.4, -0.2) is 40.5 Å². The first-order valence-electron chi connectivity index (χ1n) is 8.51. The summed E-state index contributed by atoms with van der Waals surface area (Å²) in [4.78, 5) is 14.6. The smallest absolute Gasteiger partial charge is 0.251 e. The molecule has 1 amide bonds. The van der Waals surface area contributed by atoms with Crippen molar-refractivity contribution in [1.82, 2.24) is 10.0 Å². The Morgan fingerprint density at radius 3 is 2.46 bits per heavy atom. The molecule has 0 aromatic heterocycles. The average Bonchev–Trinajstić information content (AvgIpc) is 2.66. The molecule has 2 aromatic rings. The summed E-state index contributed by atoms with van der Waals surface area (Å²) in [6.45, 7) is 4.45. The number of sulfonamides is 1. The second kappa shape index (κ2) is 8.82. The third kappa shape index (κ3) is 5.06. The van der Waals surface area contributed by atoms with Crippen molar-refractivity contribution in [2.75, 3.05) is 25.0 Å². The zero-order valence-corrected chi connectivity index (χ0v) is 16.1. The van der Waals surface area contributed by atoms with Crippen LogP contribution in [0.25, 0.3) is 0 Å². The molecular weight excluding hydrogens is 350 g/mol. The van der Waals surface area contributed by atoms with Gasteiger partial charge in [0.2, 0.25) is 10.0 Å². The maximum Gasteiger partial charge on any atom is 0.251 e. The number of likely N-dealkylation sites (N-methyl/N-ethyl adjacent to an activating group) is 1. The van der Waals surface area contributed by atoms with Gasteiger partial charge in [0.25, 0.3) is 5.91 Å². The monoisotopic (exact) mass is 375 g/mol. The van der Waals surface area contributed by atoms with Crippen LogP contribution >= 0.6 is 0 Å². The fourth-order valence-corrected chi connectivity index (χ4v) is 3.56. The Hall–Kier alpha value is -2.38. The summed E-state index contributed by atoms with van der Waals surface area (Å²) in [6.07, 6.45) is 0. The SMILES string of the molecule is CCNS(=O)(=O)c1cccc(C(=O)NCC(C)N(C)c2ccccc2)c1. The highest BCUT2D eigenvalue weighted by atomic mass is 32.2. The van der Waals surface area contributed by atoms with Gasteiger partial charge in [0.05, 0.1) is 4.90 Å². The molecule has 0 spiro atoms. The average molecular weight is 375 g/mol. The molecule has 26 heavy (non-hydrogen) atoms. The number of para-hydroxylation sites is 1. The minimum atomic E-state index is -3.59. The van der Waals surface area contributed by atoms with Crippen molar-refractivity contribution < 1.29 is 13.2 Å². The highest BCUT2D eigenvalue weighted by Crippen LogP contribution is 2.14. The Morgan fingerprint density at radius 1 is 1.12 bits per heavy atom. The van der Waals surface area contributed by atoms with Crippen LogP contribution in [0.4, 0.5) is 5.69 Å². The second-order valence-electron chi connectivity index (χ2n) is 6.03. The fourth-order valence-electron chi connectivity index (χ4n) is 2.47. The zero-order valence-electron chi connectivity index (χ0n) is 15.3. The van der Waals surface area contributed by atoms with Crippen LogP contribution in [0, 0.1) is 0 Å². The Labute approximate surface area is 155 Å². The lowest BCUT2D eigenvalue weighted by molar-refractivity contribution is 0.0951. The topological polar surface area (TPSA) is 78.5 Å². The Kier molecular flexibility index (Phi) is 6.76. The van der Waals surface area contributed by atoms with Gasteiger partial charge < -0.3 is 10.2 Å². The van der Waals surface area contributed by atoms with E-state index in [0.29, 0.717) is 18.7 Å². The lowest BCUT2D eigenvalue weighted by Gasteiger charge is -2.27. The minimum absolute atomic E-state index is 0.0787. The number of carbonyl (C=O) groups is 1. The summed E-state index contributed by atoms with van der Waals surface area (Å²) in [6, 6.07) is 16.0. The van der Waals surface area contributed by atoms with Gasteiger partial charge in [0, 0.05) is 37.4 Å². The van der Waals surface area contributed by atoms with Gasteiger partial charge in [-0.25, -0.2) is 13.1 Å². The standard InChI is InChI=1S/C19H25N3O3S/c1-4-21-26(24,25)18-12-8-9-16(13-18)19(23)20-14-15(2)22(3)17-10-6-5-7-11-17/h5-13,15,21H,4,14H2,1-3H3,(H,20,23). The number of hydrogen-bond donors (Lipinski definition) is 2. The van der Waals surface area contributed by atoms with Gasteiger partial charge in [0.1, 0.15) is 0 Å². The largest absolute Gasteiger partial charge is 0.370 e. The molecule has 0 saturated carbocycles. The van der Waals surface area contributed by atoms with Crippen LogP contribution < -0.4 is 14.9 Å². The maximum atomic E-state index is 12.4. The molecule has 0 bridgehead atoms. The predicted octanol–water partition coefficient (Wildman–Crippen LogP) is 2.24. The van der Waals surface area contributed by atoms with E-state index >= 15 is 0 Å². The number of nitrogens with zero attached hydrogens (tertiary/aromatic N) is 1. The minimum Gasteiger partial charge on any atom is -0.370 e. The highest BCUT2D eigenvalue weighted by molar-refractivity contribution is 7.89. The molecule has 6 nitrogen and oxygen atoms in total. The van der Waals surface area contributed by atoms with Crippen molar-refractivity contribution >= 4 is 21.6 Å². The number of anilines is 1. The number of benzene rings is 2. The van der Waals surface area contributed by atoms with Gasteiger partial charge in [-0.15, -0.1) is 0 Å². The van der Waals surface area contributed by atoms with Crippen LogP contribution in [-0.2, 0) is 10.0 Å². The molecular formula is C19H25N3O3S. The molecule has 1 atom stereocenters. The Bertz CT molecular complexity index is 838. The van der Waals surface area contributed by atoms with Crippen LogP contribution in [0.3, 0.4) is 0 Å². The molecule has 0 aliphatic heterocycles. The molecule has 0 aliphatic carbocycles. The molecule has 0 fully saturated rings. The van der Waals surface area contributed by atoms with Crippen LogP contribution in [0.1, 0.15) is 24.2 Å². The van der Waals surface area contributed by atoms with Crippen LogP contribution in [0.15, 0.2) is 59.5 Å². The summed E-state index contributed by atoms with van der Waals surface area (Å²) in [7, 11) is -1.62. The molecule has 2 N–H and O–H groups in total. The molecule has 140 valence electrons. The Morgan fingerprint density at radius 2 is 1.81 bits per heavy atom. The van der Waals surface area contributed by atoms with Gasteiger partial charge in [-0.3, -0.25) is 4.79 Å². The van der Waals surface area contributed by atoms with E-state index in [1.807, 2.05) is 44.3 Å². The van der Waals surface area contributed by atoms with E-state index in [2.05, 4.69) is 14.9 Å². The first-order valence-corrected chi connectivity index (χ1v) is 9.99. The quantitative estimate of drug-likeness (QED) is 0.742. The number of rotatable bonds is 8. The van der Waals surface area contributed by atoms with Gasteiger partial charge in [-0.1, -0.05) is 31.2 Å². The van der Waals surface area contributed by atoms with Crippen molar-refractivity contribution in [2.45, 2.75) is 24.8 Å². The van der Waals surface area contributed by atoms with Gasteiger partial charge >= 0.3 is 0 Å². The highest BCUT2D eigenvalue weighted by Gasteiger charge is 2.16. The zero-order chi connectivity index (χ0) is 19.2. The normalized spacial score (nSPS) is 12.4. The summed E-state index contributed by atoms with van der Waals surface area (Å²) < 4.78 is 26.6. The number of nitrogens with one attached hydrogen (secondary N) is 2. The third-order valence-corrected chi connectivity index (χ3v) is 5.67. The molecule has 2 rings (SSSR count). The first-order chi connectivity index (χ1) is 12.3. The maximum absolute atomic E-state index is 12.4. The van der Waals surface area contributed by atoms with Gasteiger partial charge in [-0.2, -0.15) is 0 Å². The van der Waals surface area contributed by atoms with Crippen molar-refractivity contribution in [3.05, 3.63) is 60.2 Å². The number of amides is 1. The van der Waals surface area contributed by atoms with E-state index < -0.39 is 10.0 Å². The second-order valence-corrected chi connectivity index (χ2v) is 7.80. The van der Waals surface area contributed by atoms with E-state index in [0.717, 1.165) is 5.69 Å². The van der Waals surface area contributed by atoms with E-state index in [9.17, 15) is 13.2 Å².